The molecule has 158 valence electrons. The number of aromatic nitrogens is 1. The maximum absolute atomic E-state index is 12.7. The summed E-state index contributed by atoms with van der Waals surface area (Å²) in [5.74, 6) is 0.0412. The molecule has 0 aliphatic rings. The van der Waals surface area contributed by atoms with E-state index >= 15 is 0 Å². The number of nitrogens with zero attached hydrogens (tertiary/aromatic N) is 2. The van der Waals surface area contributed by atoms with Gasteiger partial charge in [0.15, 0.2) is 0 Å². The summed E-state index contributed by atoms with van der Waals surface area (Å²) in [4.78, 5) is 14.8. The molecule has 1 amide bonds. The molecule has 0 fully saturated rings. The van der Waals surface area contributed by atoms with Gasteiger partial charge in [-0.25, -0.2) is 0 Å². The van der Waals surface area contributed by atoms with Gasteiger partial charge in [0, 0.05) is 30.7 Å². The van der Waals surface area contributed by atoms with Gasteiger partial charge in [-0.2, -0.15) is 0 Å². The molecule has 0 bridgehead atoms. The predicted molar refractivity (Wildman–Crippen MR) is 128 cm³/mol. The average molecular weight is 412 g/mol. The molecular formula is C27H29N3O. The Bertz CT molecular complexity index is 1160. The zero-order chi connectivity index (χ0) is 21.8. The first kappa shape index (κ1) is 20.9. The van der Waals surface area contributed by atoms with Gasteiger partial charge in [-0.3, -0.25) is 4.79 Å². The normalized spacial score (nSPS) is 12.3. The molecule has 0 aliphatic carbocycles. The van der Waals surface area contributed by atoms with Crippen molar-refractivity contribution in [1.82, 2.24) is 14.8 Å². The van der Waals surface area contributed by atoms with E-state index in [1.54, 1.807) is 0 Å². The van der Waals surface area contributed by atoms with Gasteiger partial charge in [0.2, 0.25) is 5.91 Å². The molecule has 4 rings (SSSR count). The lowest BCUT2D eigenvalue weighted by Crippen LogP contribution is -2.35. The SMILES string of the molecule is CN(C)C(CNC(=O)Cc1ccc(-c2ccccc2)cc1)c1cn(C)c2ccccc12. The van der Waals surface area contributed by atoms with Gasteiger partial charge in [0.1, 0.15) is 0 Å². The van der Waals surface area contributed by atoms with Crippen LogP contribution in [0.15, 0.2) is 85.1 Å². The largest absolute Gasteiger partial charge is 0.354 e. The molecule has 1 unspecified atom stereocenters. The molecular weight excluding hydrogens is 382 g/mol. The monoisotopic (exact) mass is 411 g/mol. The first-order valence-electron chi connectivity index (χ1n) is 10.6. The summed E-state index contributed by atoms with van der Waals surface area (Å²) in [7, 11) is 6.18. The topological polar surface area (TPSA) is 37.3 Å². The smallest absolute Gasteiger partial charge is 0.224 e. The summed E-state index contributed by atoms with van der Waals surface area (Å²) in [6.45, 7) is 0.571. The van der Waals surface area contributed by atoms with Crippen molar-refractivity contribution in [3.8, 4) is 11.1 Å². The lowest BCUT2D eigenvalue weighted by molar-refractivity contribution is -0.120. The number of aryl methyl sites for hydroxylation is 1. The summed E-state index contributed by atoms with van der Waals surface area (Å²) >= 11 is 0. The van der Waals surface area contributed by atoms with Crippen molar-refractivity contribution < 1.29 is 4.79 Å². The van der Waals surface area contributed by atoms with Crippen molar-refractivity contribution in [3.63, 3.8) is 0 Å². The predicted octanol–water partition coefficient (Wildman–Crippen LogP) is 4.81. The molecule has 0 saturated carbocycles. The molecule has 0 saturated heterocycles. The van der Waals surface area contributed by atoms with Crippen LogP contribution in [0, 0.1) is 0 Å². The van der Waals surface area contributed by atoms with Gasteiger partial charge < -0.3 is 14.8 Å². The van der Waals surface area contributed by atoms with Crippen molar-refractivity contribution in [2.75, 3.05) is 20.6 Å². The van der Waals surface area contributed by atoms with Crippen LogP contribution in [-0.4, -0.2) is 36.0 Å². The average Bonchev–Trinajstić information content (AvgIpc) is 3.11. The fraction of sp³-hybridized carbons (Fsp3) is 0.222. The van der Waals surface area contributed by atoms with E-state index in [0.717, 1.165) is 11.1 Å². The Morgan fingerprint density at radius 2 is 1.55 bits per heavy atom. The van der Waals surface area contributed by atoms with Gasteiger partial charge in [-0.05, 0) is 42.4 Å². The minimum absolute atomic E-state index is 0.0412. The van der Waals surface area contributed by atoms with Crippen molar-refractivity contribution in [3.05, 3.63) is 96.2 Å². The zero-order valence-corrected chi connectivity index (χ0v) is 18.4. The number of fused-ring (bicyclic) bond motifs is 1. The summed E-state index contributed by atoms with van der Waals surface area (Å²) in [5, 5.41) is 4.37. The van der Waals surface area contributed by atoms with E-state index in [1.807, 2.05) is 30.3 Å². The third-order valence-corrected chi connectivity index (χ3v) is 5.83. The zero-order valence-electron chi connectivity index (χ0n) is 18.4. The van der Waals surface area contributed by atoms with E-state index in [0.29, 0.717) is 13.0 Å². The van der Waals surface area contributed by atoms with Crippen molar-refractivity contribution in [1.29, 1.82) is 0 Å². The van der Waals surface area contributed by atoms with Crippen LogP contribution < -0.4 is 5.32 Å². The highest BCUT2D eigenvalue weighted by atomic mass is 16.1. The van der Waals surface area contributed by atoms with E-state index in [2.05, 4.69) is 90.7 Å². The van der Waals surface area contributed by atoms with Crippen LogP contribution in [0.4, 0.5) is 0 Å². The molecule has 3 aromatic carbocycles. The second-order valence-corrected chi connectivity index (χ2v) is 8.24. The summed E-state index contributed by atoms with van der Waals surface area (Å²) in [6.07, 6.45) is 2.55. The van der Waals surface area contributed by atoms with Gasteiger partial charge in [0.25, 0.3) is 0 Å². The van der Waals surface area contributed by atoms with Crippen LogP contribution in [0.3, 0.4) is 0 Å². The molecule has 1 heterocycles. The molecule has 4 nitrogen and oxygen atoms in total. The van der Waals surface area contributed by atoms with Gasteiger partial charge in [0.05, 0.1) is 12.5 Å². The lowest BCUT2D eigenvalue weighted by Gasteiger charge is -2.24. The van der Waals surface area contributed by atoms with E-state index < -0.39 is 0 Å². The maximum atomic E-state index is 12.7. The lowest BCUT2D eigenvalue weighted by atomic mass is 10.0. The molecule has 4 aromatic rings. The Balaban J connectivity index is 1.42. The Morgan fingerprint density at radius 1 is 0.903 bits per heavy atom. The molecule has 1 atom stereocenters. The summed E-state index contributed by atoms with van der Waals surface area (Å²) in [6, 6.07) is 27.0. The number of hydrogen-bond acceptors (Lipinski definition) is 2. The van der Waals surface area contributed by atoms with E-state index in [-0.39, 0.29) is 11.9 Å². The Hall–Kier alpha value is -3.37. The van der Waals surface area contributed by atoms with Crippen molar-refractivity contribution >= 4 is 16.8 Å². The second kappa shape index (κ2) is 9.19. The number of amides is 1. The van der Waals surface area contributed by atoms with E-state index in [4.69, 9.17) is 0 Å². The van der Waals surface area contributed by atoms with Gasteiger partial charge in [-0.15, -0.1) is 0 Å². The number of para-hydroxylation sites is 1. The number of likely N-dealkylation sites (N-methyl/N-ethyl adjacent to an activating group) is 1. The molecule has 1 aromatic heterocycles. The number of carbonyl (C=O) groups is 1. The third-order valence-electron chi connectivity index (χ3n) is 5.83. The number of hydrogen-bond donors (Lipinski definition) is 1. The van der Waals surface area contributed by atoms with Crippen molar-refractivity contribution in [2.45, 2.75) is 12.5 Å². The molecule has 0 spiro atoms. The van der Waals surface area contributed by atoms with E-state index in [9.17, 15) is 4.79 Å². The highest BCUT2D eigenvalue weighted by molar-refractivity contribution is 5.84. The number of nitrogens with one attached hydrogen (secondary N) is 1. The van der Waals surface area contributed by atoms with Crippen LogP contribution in [0.1, 0.15) is 17.2 Å². The molecule has 0 radical (unpaired) electrons. The number of benzene rings is 3. The van der Waals surface area contributed by atoms with Crippen LogP contribution in [0.5, 0.6) is 0 Å². The summed E-state index contributed by atoms with van der Waals surface area (Å²) < 4.78 is 2.15. The maximum Gasteiger partial charge on any atom is 0.224 e. The highest BCUT2D eigenvalue weighted by Crippen LogP contribution is 2.28. The van der Waals surface area contributed by atoms with E-state index in [1.165, 1.54) is 22.0 Å². The quantitative estimate of drug-likeness (QED) is 0.474. The van der Waals surface area contributed by atoms with Crippen LogP contribution in [0.25, 0.3) is 22.0 Å². The molecule has 0 aliphatic heterocycles. The van der Waals surface area contributed by atoms with Gasteiger partial charge in [-0.1, -0.05) is 72.8 Å². The minimum atomic E-state index is 0.0412. The minimum Gasteiger partial charge on any atom is -0.354 e. The van der Waals surface area contributed by atoms with Crippen molar-refractivity contribution in [2.24, 2.45) is 7.05 Å². The Morgan fingerprint density at radius 3 is 2.26 bits per heavy atom. The fourth-order valence-corrected chi connectivity index (χ4v) is 4.11. The third kappa shape index (κ3) is 4.70. The molecule has 4 heteroatoms. The molecule has 31 heavy (non-hydrogen) atoms. The first-order valence-corrected chi connectivity index (χ1v) is 10.6. The fourth-order valence-electron chi connectivity index (χ4n) is 4.11. The van der Waals surface area contributed by atoms with Crippen LogP contribution in [0.2, 0.25) is 0 Å². The Labute approximate surface area is 184 Å². The number of carbonyl (C=O) groups excluding carboxylic acids is 1. The molecule has 1 N–H and O–H groups in total. The van der Waals surface area contributed by atoms with Gasteiger partial charge >= 0.3 is 0 Å². The number of rotatable bonds is 7. The summed E-state index contributed by atoms with van der Waals surface area (Å²) in [5.41, 5.74) is 5.80. The van der Waals surface area contributed by atoms with Crippen LogP contribution >= 0.6 is 0 Å². The second-order valence-electron chi connectivity index (χ2n) is 8.24. The standard InChI is InChI=1S/C27H29N3O/c1-29(2)26(24-19-30(3)25-12-8-7-11-23(24)25)18-28-27(31)17-20-13-15-22(16-14-20)21-9-5-4-6-10-21/h4-16,19,26H,17-18H2,1-3H3,(H,28,31). The van der Waals surface area contributed by atoms with Crippen LogP contribution in [-0.2, 0) is 18.3 Å². The Kier molecular flexibility index (Phi) is 6.19. The highest BCUT2D eigenvalue weighted by Gasteiger charge is 2.20. The first-order chi connectivity index (χ1) is 15.0.